The van der Waals surface area contributed by atoms with Crippen LogP contribution in [0.15, 0.2) is 35.3 Å². The van der Waals surface area contributed by atoms with E-state index in [2.05, 4.69) is 57.0 Å². The lowest BCUT2D eigenvalue weighted by Crippen LogP contribution is -2.14. The van der Waals surface area contributed by atoms with Crippen LogP contribution >= 0.6 is 11.3 Å². The number of carbonyl (C=O) groups is 1. The fraction of sp³-hybridized carbons (Fsp3) is 0.300. The van der Waals surface area contributed by atoms with Crippen molar-refractivity contribution in [2.45, 2.75) is 34.1 Å². The number of aryl methyl sites for hydroxylation is 5. The van der Waals surface area contributed by atoms with Gasteiger partial charge in [0.05, 0.1) is 16.6 Å². The molecule has 0 bridgehead atoms. The van der Waals surface area contributed by atoms with E-state index in [4.69, 9.17) is 0 Å². The topological polar surface area (TPSA) is 34.4 Å². The summed E-state index contributed by atoms with van der Waals surface area (Å²) < 4.78 is 3.23. The molecule has 2 aromatic carbocycles. The zero-order chi connectivity index (χ0) is 17.4. The van der Waals surface area contributed by atoms with Gasteiger partial charge in [-0.05, 0) is 55.5 Å². The first kappa shape index (κ1) is 16.7. The van der Waals surface area contributed by atoms with E-state index in [9.17, 15) is 4.79 Å². The molecule has 0 fully saturated rings. The van der Waals surface area contributed by atoms with Crippen molar-refractivity contribution in [3.8, 4) is 0 Å². The van der Waals surface area contributed by atoms with E-state index in [1.54, 1.807) is 11.3 Å². The van der Waals surface area contributed by atoms with Gasteiger partial charge in [0.15, 0.2) is 4.80 Å². The predicted molar refractivity (Wildman–Crippen MR) is 100 cm³/mol. The van der Waals surface area contributed by atoms with Gasteiger partial charge in [0.25, 0.3) is 5.91 Å². The highest BCUT2D eigenvalue weighted by Crippen LogP contribution is 2.24. The van der Waals surface area contributed by atoms with Crippen molar-refractivity contribution in [3.63, 3.8) is 0 Å². The van der Waals surface area contributed by atoms with Gasteiger partial charge < -0.3 is 4.57 Å². The maximum Gasteiger partial charge on any atom is 0.252 e. The highest BCUT2D eigenvalue weighted by molar-refractivity contribution is 7.16. The number of rotatable bonds is 2. The number of hydrogen-bond donors (Lipinski definition) is 0. The van der Waals surface area contributed by atoms with Crippen molar-refractivity contribution in [1.29, 1.82) is 0 Å². The first-order valence-corrected chi connectivity index (χ1v) is 8.88. The van der Waals surface area contributed by atoms with E-state index in [1.165, 1.54) is 27.0 Å². The molecule has 1 aromatic heterocycles. The van der Waals surface area contributed by atoms with Crippen molar-refractivity contribution in [1.82, 2.24) is 4.57 Å². The summed E-state index contributed by atoms with van der Waals surface area (Å²) in [4.78, 5) is 17.5. The maximum atomic E-state index is 12.4. The molecule has 4 heteroatoms. The molecule has 0 aliphatic heterocycles. The zero-order valence-electron chi connectivity index (χ0n) is 14.8. The van der Waals surface area contributed by atoms with E-state index in [0.717, 1.165) is 15.9 Å². The second-order valence-corrected chi connectivity index (χ2v) is 7.40. The van der Waals surface area contributed by atoms with Crippen LogP contribution in [0.25, 0.3) is 10.2 Å². The van der Waals surface area contributed by atoms with Crippen molar-refractivity contribution >= 4 is 27.5 Å². The van der Waals surface area contributed by atoms with E-state index < -0.39 is 0 Å². The Kier molecular flexibility index (Phi) is 4.41. The minimum Gasteiger partial charge on any atom is -0.319 e. The molecule has 0 aliphatic carbocycles. The molecule has 0 N–H and O–H groups in total. The van der Waals surface area contributed by atoms with E-state index in [-0.39, 0.29) is 5.91 Å². The second kappa shape index (κ2) is 6.36. The molecule has 0 saturated heterocycles. The normalized spacial score (nSPS) is 12.1. The molecule has 1 amide bonds. The van der Waals surface area contributed by atoms with Crippen molar-refractivity contribution < 1.29 is 4.79 Å². The number of nitrogens with zero attached hydrogens (tertiary/aromatic N) is 2. The van der Waals surface area contributed by atoms with Crippen LogP contribution in [-0.4, -0.2) is 10.5 Å². The summed E-state index contributed by atoms with van der Waals surface area (Å²) in [7, 11) is 1.98. The Morgan fingerprint density at radius 1 is 1.00 bits per heavy atom. The molecule has 0 radical (unpaired) electrons. The van der Waals surface area contributed by atoms with Crippen molar-refractivity contribution in [3.05, 3.63) is 63.0 Å². The highest BCUT2D eigenvalue weighted by Gasteiger charge is 2.10. The van der Waals surface area contributed by atoms with Crippen molar-refractivity contribution in [2.75, 3.05) is 0 Å². The summed E-state index contributed by atoms with van der Waals surface area (Å²) in [5.41, 5.74) is 7.06. The fourth-order valence-corrected chi connectivity index (χ4v) is 4.09. The molecule has 3 aromatic rings. The number of carbonyl (C=O) groups excluding carboxylic acids is 1. The van der Waals surface area contributed by atoms with Gasteiger partial charge in [-0.2, -0.15) is 4.99 Å². The molecule has 0 aliphatic rings. The average Bonchev–Trinajstić information content (AvgIpc) is 2.85. The Morgan fingerprint density at radius 3 is 2.33 bits per heavy atom. The largest absolute Gasteiger partial charge is 0.319 e. The molecular weight excluding hydrogens is 316 g/mol. The van der Waals surface area contributed by atoms with E-state index in [0.29, 0.717) is 6.42 Å². The lowest BCUT2D eigenvalue weighted by molar-refractivity contribution is -0.117. The molecule has 3 rings (SSSR count). The summed E-state index contributed by atoms with van der Waals surface area (Å²) in [6.45, 7) is 8.33. The molecule has 0 saturated carbocycles. The third-order valence-electron chi connectivity index (χ3n) is 4.49. The van der Waals surface area contributed by atoms with Gasteiger partial charge in [0.2, 0.25) is 0 Å². The molecule has 24 heavy (non-hydrogen) atoms. The van der Waals surface area contributed by atoms with Crippen LogP contribution in [-0.2, 0) is 18.3 Å². The zero-order valence-corrected chi connectivity index (χ0v) is 15.6. The molecule has 1 heterocycles. The summed E-state index contributed by atoms with van der Waals surface area (Å²) in [6.07, 6.45) is 0.341. The molecule has 0 atom stereocenters. The predicted octanol–water partition coefficient (Wildman–Crippen LogP) is 4.14. The fourth-order valence-electron chi connectivity index (χ4n) is 2.90. The Hall–Kier alpha value is -2.20. The number of hydrogen-bond acceptors (Lipinski definition) is 2. The lowest BCUT2D eigenvalue weighted by atomic mass is 10.0. The smallest absolute Gasteiger partial charge is 0.252 e. The Balaban J connectivity index is 1.99. The van der Waals surface area contributed by atoms with Crippen LogP contribution in [0, 0.1) is 27.7 Å². The van der Waals surface area contributed by atoms with Crippen LogP contribution in [0.1, 0.15) is 27.8 Å². The van der Waals surface area contributed by atoms with E-state index >= 15 is 0 Å². The summed E-state index contributed by atoms with van der Waals surface area (Å²) in [6, 6.07) is 10.4. The number of benzene rings is 2. The van der Waals surface area contributed by atoms with Gasteiger partial charge in [-0.3, -0.25) is 4.79 Å². The van der Waals surface area contributed by atoms with Crippen LogP contribution in [0.3, 0.4) is 0 Å². The molecule has 0 spiro atoms. The number of thiazole rings is 1. The number of aromatic nitrogens is 1. The average molecular weight is 338 g/mol. The Labute approximate surface area is 146 Å². The van der Waals surface area contributed by atoms with Gasteiger partial charge in [0, 0.05) is 7.05 Å². The van der Waals surface area contributed by atoms with Gasteiger partial charge in [-0.1, -0.05) is 41.7 Å². The third kappa shape index (κ3) is 3.06. The Morgan fingerprint density at radius 2 is 1.67 bits per heavy atom. The standard InChI is InChI=1S/C20H22N2OS/c1-12-8-9-16(10-15(12)4)11-17(23)21-20-22(5)18-13(2)6-7-14(3)19(18)24-20/h6-10H,11H2,1-5H3. The summed E-state index contributed by atoms with van der Waals surface area (Å²) >= 11 is 1.58. The highest BCUT2D eigenvalue weighted by atomic mass is 32.1. The van der Waals surface area contributed by atoms with Crippen LogP contribution in [0.2, 0.25) is 0 Å². The van der Waals surface area contributed by atoms with Gasteiger partial charge in [0.1, 0.15) is 0 Å². The Bertz CT molecular complexity index is 1010. The van der Waals surface area contributed by atoms with Gasteiger partial charge in [-0.15, -0.1) is 0 Å². The molecule has 124 valence electrons. The lowest BCUT2D eigenvalue weighted by Gasteiger charge is -2.03. The SMILES string of the molecule is Cc1ccc(CC(=O)N=c2sc3c(C)ccc(C)c3n2C)cc1C. The number of fused-ring (bicyclic) bond motifs is 1. The quantitative estimate of drug-likeness (QED) is 0.691. The minimum absolute atomic E-state index is 0.101. The van der Waals surface area contributed by atoms with Crippen molar-refractivity contribution in [2.24, 2.45) is 12.0 Å². The molecule has 0 unspecified atom stereocenters. The first-order valence-electron chi connectivity index (χ1n) is 8.06. The van der Waals surface area contributed by atoms with Gasteiger partial charge in [-0.25, -0.2) is 0 Å². The van der Waals surface area contributed by atoms with Gasteiger partial charge >= 0.3 is 0 Å². The van der Waals surface area contributed by atoms with Crippen LogP contribution in [0.4, 0.5) is 0 Å². The van der Waals surface area contributed by atoms with Crippen LogP contribution < -0.4 is 4.80 Å². The monoisotopic (exact) mass is 338 g/mol. The number of amides is 1. The molecule has 3 nitrogen and oxygen atoms in total. The first-order chi connectivity index (χ1) is 11.4. The van der Waals surface area contributed by atoms with E-state index in [1.807, 2.05) is 17.7 Å². The summed E-state index contributed by atoms with van der Waals surface area (Å²) in [5.74, 6) is -0.101. The van der Waals surface area contributed by atoms with Crippen LogP contribution in [0.5, 0.6) is 0 Å². The minimum atomic E-state index is -0.101. The second-order valence-electron chi connectivity index (χ2n) is 6.42. The summed E-state index contributed by atoms with van der Waals surface area (Å²) in [5, 5.41) is 0. The molecular formula is C20H22N2OS. The third-order valence-corrected chi connectivity index (χ3v) is 5.76. The maximum absolute atomic E-state index is 12.4.